The van der Waals surface area contributed by atoms with Crippen LogP contribution in [-0.4, -0.2) is 30.4 Å². The molecule has 0 aliphatic rings. The van der Waals surface area contributed by atoms with Crippen molar-refractivity contribution in [3.05, 3.63) is 84.8 Å². The summed E-state index contributed by atoms with van der Waals surface area (Å²) in [5.74, 6) is 0.216. The Balaban J connectivity index is 1.61. The first kappa shape index (κ1) is 24.6. The smallest absolute Gasteiger partial charge is 0.250 e. The molecule has 38 heavy (non-hydrogen) atoms. The van der Waals surface area contributed by atoms with Crippen LogP contribution in [0.5, 0.6) is 11.6 Å². The van der Waals surface area contributed by atoms with Crippen molar-refractivity contribution >= 4 is 28.4 Å². The van der Waals surface area contributed by atoms with Gasteiger partial charge in [-0.1, -0.05) is 24.8 Å². The molecule has 0 radical (unpaired) electrons. The molecule has 0 bridgehead atoms. The molecule has 0 aliphatic carbocycles. The Morgan fingerprint density at radius 1 is 1.08 bits per heavy atom. The molecule has 5 rings (SSSR count). The summed E-state index contributed by atoms with van der Waals surface area (Å²) in [6, 6.07) is 13.5. The van der Waals surface area contributed by atoms with Crippen molar-refractivity contribution < 1.29 is 13.9 Å². The van der Waals surface area contributed by atoms with E-state index < -0.39 is 5.82 Å². The van der Waals surface area contributed by atoms with Gasteiger partial charge in [0.2, 0.25) is 5.88 Å². The van der Waals surface area contributed by atoms with E-state index in [1.807, 2.05) is 23.7 Å². The fourth-order valence-corrected chi connectivity index (χ4v) is 4.19. The number of carbonyl (C=O) groups is 1. The van der Waals surface area contributed by atoms with Crippen LogP contribution in [0.15, 0.2) is 73.2 Å². The molecule has 5 aromatic rings. The van der Waals surface area contributed by atoms with Crippen LogP contribution in [0.2, 0.25) is 0 Å². The number of hydrogen-bond donors (Lipinski definition) is 2. The minimum atomic E-state index is -0.574. The second kappa shape index (κ2) is 9.74. The number of ether oxygens (including phenoxy) is 1. The number of amides is 1. The molecular formula is C28H24FN7O2. The normalized spacial score (nSPS) is 10.9. The van der Waals surface area contributed by atoms with Crippen LogP contribution in [0, 0.1) is 12.7 Å². The van der Waals surface area contributed by atoms with Crippen LogP contribution in [0.4, 0.5) is 15.9 Å². The summed E-state index contributed by atoms with van der Waals surface area (Å²) in [5.41, 5.74) is 10.7. The number of nitrogens with two attached hydrogens (primary N) is 1. The van der Waals surface area contributed by atoms with E-state index >= 15 is 4.39 Å². The SMILES string of the molecule is C=C(C)C(=O)Nc1ccc(-c2c(-c3ccc(Oc4ccnc(C)n4)c(F)c3)c3c(N)ncnc3n2C)cc1. The van der Waals surface area contributed by atoms with Gasteiger partial charge in [0.1, 0.15) is 23.6 Å². The summed E-state index contributed by atoms with van der Waals surface area (Å²) >= 11 is 0. The molecule has 3 aromatic heterocycles. The van der Waals surface area contributed by atoms with Crippen molar-refractivity contribution in [1.29, 1.82) is 0 Å². The zero-order valence-corrected chi connectivity index (χ0v) is 21.0. The lowest BCUT2D eigenvalue weighted by molar-refractivity contribution is -0.112. The van der Waals surface area contributed by atoms with E-state index in [-0.39, 0.29) is 23.4 Å². The molecule has 0 saturated carbocycles. The van der Waals surface area contributed by atoms with Crippen molar-refractivity contribution in [2.45, 2.75) is 13.8 Å². The molecule has 0 aliphatic heterocycles. The predicted octanol–water partition coefficient (Wildman–Crippen LogP) is 5.43. The maximum atomic E-state index is 15.3. The highest BCUT2D eigenvalue weighted by atomic mass is 19.1. The maximum Gasteiger partial charge on any atom is 0.250 e. The van der Waals surface area contributed by atoms with E-state index in [9.17, 15) is 4.79 Å². The highest BCUT2D eigenvalue weighted by Gasteiger charge is 2.23. The fourth-order valence-electron chi connectivity index (χ4n) is 4.19. The number of aromatic nitrogens is 5. The lowest BCUT2D eigenvalue weighted by Gasteiger charge is -2.12. The third kappa shape index (κ3) is 4.55. The van der Waals surface area contributed by atoms with Crippen LogP contribution < -0.4 is 15.8 Å². The summed E-state index contributed by atoms with van der Waals surface area (Å²) in [5, 5.41) is 3.39. The summed E-state index contributed by atoms with van der Waals surface area (Å²) in [6.45, 7) is 7.02. The average Bonchev–Trinajstić information content (AvgIpc) is 3.19. The standard InChI is InChI=1S/C28H24FN7O2/c1-15(2)28(37)35-19-8-5-17(6-9-19)25-23(24-26(30)32-14-33-27(24)36(25)4)18-7-10-21(20(29)13-18)38-22-11-12-31-16(3)34-22/h5-14H,1H2,2-4H3,(H,35,37)(H2,30,32,33). The molecule has 2 aromatic carbocycles. The van der Waals surface area contributed by atoms with Crippen LogP contribution in [-0.2, 0) is 11.8 Å². The van der Waals surface area contributed by atoms with Gasteiger partial charge in [0, 0.05) is 36.1 Å². The molecule has 0 atom stereocenters. The number of benzene rings is 2. The first-order valence-corrected chi connectivity index (χ1v) is 11.7. The highest BCUT2D eigenvalue weighted by Crippen LogP contribution is 2.42. The summed E-state index contributed by atoms with van der Waals surface area (Å²) in [7, 11) is 1.86. The summed E-state index contributed by atoms with van der Waals surface area (Å²) < 4.78 is 22.9. The van der Waals surface area contributed by atoms with Gasteiger partial charge in [0.25, 0.3) is 5.91 Å². The quantitative estimate of drug-likeness (QED) is 0.293. The van der Waals surface area contributed by atoms with Gasteiger partial charge in [-0.05, 0) is 49.2 Å². The minimum Gasteiger partial charge on any atom is -0.436 e. The number of carbonyl (C=O) groups excluding carboxylic acids is 1. The number of nitrogens with one attached hydrogen (secondary N) is 1. The minimum absolute atomic E-state index is 0.0236. The van der Waals surface area contributed by atoms with Gasteiger partial charge in [-0.25, -0.2) is 19.3 Å². The number of rotatable bonds is 6. The van der Waals surface area contributed by atoms with Crippen LogP contribution in [0.25, 0.3) is 33.4 Å². The Bertz CT molecular complexity index is 1710. The number of nitrogens with zero attached hydrogens (tertiary/aromatic N) is 5. The molecule has 0 fully saturated rings. The van der Waals surface area contributed by atoms with E-state index in [0.717, 1.165) is 11.3 Å². The average molecular weight is 510 g/mol. The van der Waals surface area contributed by atoms with Gasteiger partial charge in [-0.3, -0.25) is 4.79 Å². The van der Waals surface area contributed by atoms with E-state index in [1.54, 1.807) is 50.4 Å². The number of hydrogen-bond acceptors (Lipinski definition) is 7. The van der Waals surface area contributed by atoms with Crippen molar-refractivity contribution in [2.24, 2.45) is 7.05 Å². The Kier molecular flexibility index (Phi) is 6.29. The lowest BCUT2D eigenvalue weighted by atomic mass is 9.98. The second-order valence-corrected chi connectivity index (χ2v) is 8.74. The molecule has 3 heterocycles. The van der Waals surface area contributed by atoms with Crippen molar-refractivity contribution in [2.75, 3.05) is 11.1 Å². The molecule has 0 spiro atoms. The zero-order valence-electron chi connectivity index (χ0n) is 21.0. The number of anilines is 2. The van der Waals surface area contributed by atoms with E-state index in [1.165, 1.54) is 12.4 Å². The molecule has 190 valence electrons. The maximum absolute atomic E-state index is 15.3. The molecule has 9 nitrogen and oxygen atoms in total. The Morgan fingerprint density at radius 2 is 1.82 bits per heavy atom. The molecule has 0 unspecified atom stereocenters. The Hall–Kier alpha value is -5.12. The van der Waals surface area contributed by atoms with Crippen LogP contribution in [0.3, 0.4) is 0 Å². The summed E-state index contributed by atoms with van der Waals surface area (Å²) in [6.07, 6.45) is 2.94. The van der Waals surface area contributed by atoms with Crippen LogP contribution in [0.1, 0.15) is 12.7 Å². The van der Waals surface area contributed by atoms with E-state index in [0.29, 0.717) is 39.2 Å². The van der Waals surface area contributed by atoms with Gasteiger partial charge in [-0.15, -0.1) is 0 Å². The Morgan fingerprint density at radius 3 is 2.50 bits per heavy atom. The number of halogens is 1. The van der Waals surface area contributed by atoms with Gasteiger partial charge in [-0.2, -0.15) is 4.98 Å². The highest BCUT2D eigenvalue weighted by molar-refractivity contribution is 6.08. The topological polar surface area (TPSA) is 121 Å². The van der Waals surface area contributed by atoms with Crippen LogP contribution >= 0.6 is 0 Å². The first-order valence-electron chi connectivity index (χ1n) is 11.7. The largest absolute Gasteiger partial charge is 0.436 e. The van der Waals surface area contributed by atoms with E-state index in [2.05, 4.69) is 31.8 Å². The third-order valence-electron chi connectivity index (χ3n) is 5.99. The first-order chi connectivity index (χ1) is 18.2. The molecule has 10 heteroatoms. The zero-order chi connectivity index (χ0) is 27.0. The Labute approximate surface area is 217 Å². The molecule has 1 amide bonds. The number of aryl methyl sites for hydroxylation is 2. The monoisotopic (exact) mass is 509 g/mol. The number of nitrogen functional groups attached to an aromatic ring is 1. The third-order valence-corrected chi connectivity index (χ3v) is 5.99. The van der Waals surface area contributed by atoms with Gasteiger partial charge >= 0.3 is 0 Å². The van der Waals surface area contributed by atoms with Crippen molar-refractivity contribution in [3.8, 4) is 34.0 Å². The van der Waals surface area contributed by atoms with Crippen molar-refractivity contribution in [1.82, 2.24) is 24.5 Å². The van der Waals surface area contributed by atoms with Crippen molar-refractivity contribution in [3.63, 3.8) is 0 Å². The molecule has 3 N–H and O–H groups in total. The van der Waals surface area contributed by atoms with E-state index in [4.69, 9.17) is 10.5 Å². The predicted molar refractivity (Wildman–Crippen MR) is 144 cm³/mol. The molecular weight excluding hydrogens is 485 g/mol. The van der Waals surface area contributed by atoms with Gasteiger partial charge in [0.05, 0.1) is 11.1 Å². The lowest BCUT2D eigenvalue weighted by Crippen LogP contribution is -2.11. The second-order valence-electron chi connectivity index (χ2n) is 8.74. The summed E-state index contributed by atoms with van der Waals surface area (Å²) in [4.78, 5) is 28.8. The number of fused-ring (bicyclic) bond motifs is 1. The fraction of sp³-hybridized carbons (Fsp3) is 0.107. The molecule has 0 saturated heterocycles. The van der Waals surface area contributed by atoms with Gasteiger partial charge < -0.3 is 20.4 Å². The van der Waals surface area contributed by atoms with Gasteiger partial charge in [0.15, 0.2) is 11.6 Å².